The summed E-state index contributed by atoms with van der Waals surface area (Å²) >= 11 is 6.44. The van der Waals surface area contributed by atoms with E-state index in [1.807, 2.05) is 18.2 Å². The second kappa shape index (κ2) is 16.3. The van der Waals surface area contributed by atoms with E-state index in [0.29, 0.717) is 35.8 Å². The molecule has 2 aliphatic heterocycles. The van der Waals surface area contributed by atoms with Crippen LogP contribution in [-0.2, 0) is 6.42 Å². The second-order valence-corrected chi connectivity index (χ2v) is 14.9. The summed E-state index contributed by atoms with van der Waals surface area (Å²) < 4.78 is 9.76. The number of allylic oxidation sites excluding steroid dienone is 1. The third-order valence-corrected chi connectivity index (χ3v) is 11.8. The lowest BCUT2D eigenvalue weighted by molar-refractivity contribution is 0.0984. The van der Waals surface area contributed by atoms with Crippen molar-refractivity contribution in [2.45, 2.75) is 64.0 Å². The van der Waals surface area contributed by atoms with Crippen molar-refractivity contribution in [3.63, 3.8) is 0 Å². The van der Waals surface area contributed by atoms with Crippen LogP contribution in [0.4, 0.5) is 5.69 Å². The molecule has 0 saturated heterocycles. The highest BCUT2D eigenvalue weighted by Gasteiger charge is 2.38. The van der Waals surface area contributed by atoms with Gasteiger partial charge < -0.3 is 24.8 Å². The van der Waals surface area contributed by atoms with Gasteiger partial charge in [0.25, 0.3) is 5.91 Å². The zero-order chi connectivity index (χ0) is 31.8. The number of aryl methyl sites for hydroxylation is 1. The van der Waals surface area contributed by atoms with Crippen LogP contribution in [0.15, 0.2) is 48.6 Å². The molecular weight excluding hydrogens is 590 g/mol. The summed E-state index contributed by atoms with van der Waals surface area (Å²) in [6, 6.07) is 12.3. The van der Waals surface area contributed by atoms with Crippen LogP contribution in [0.5, 0.6) is 5.75 Å². The molecule has 1 fully saturated rings. The molecule has 3 aliphatic rings. The maximum atomic E-state index is 13.5. The van der Waals surface area contributed by atoms with Gasteiger partial charge in [-0.1, -0.05) is 73.6 Å². The molecule has 1 amide bonds. The SMILES string of the molecule is C=S1NC(=O)c2ccc3c(c2)N(CC(c2ccc(Cl)cc2CCC)CO3)CC2CCC2C(CNC)/C=C/CC(C)C1C.CO. The zero-order valence-electron chi connectivity index (χ0n) is 27.2. The van der Waals surface area contributed by atoms with Gasteiger partial charge in [0.2, 0.25) is 0 Å². The third kappa shape index (κ3) is 8.09. The van der Waals surface area contributed by atoms with Gasteiger partial charge in [-0.3, -0.25) is 4.79 Å². The first-order valence-corrected chi connectivity index (χ1v) is 18.0. The number of ether oxygens (including phenoxy) is 1. The number of benzene rings is 2. The van der Waals surface area contributed by atoms with Crippen LogP contribution in [0.25, 0.3) is 0 Å². The van der Waals surface area contributed by atoms with Gasteiger partial charge >= 0.3 is 0 Å². The number of amides is 1. The van der Waals surface area contributed by atoms with Gasteiger partial charge in [0.05, 0.1) is 12.3 Å². The summed E-state index contributed by atoms with van der Waals surface area (Å²) in [6.07, 6.45) is 10.4. The fraction of sp³-hybridized carbons (Fsp3) is 0.556. The molecule has 5 rings (SSSR count). The maximum Gasteiger partial charge on any atom is 0.260 e. The number of rotatable bonds is 5. The fourth-order valence-corrected chi connectivity index (χ4v) is 8.34. The molecular formula is C36H52ClN3O3S. The van der Waals surface area contributed by atoms with Gasteiger partial charge in [-0.15, -0.1) is 0 Å². The Hall–Kier alpha value is -2.32. The fourth-order valence-electron chi connectivity index (χ4n) is 6.93. The van der Waals surface area contributed by atoms with Crippen molar-refractivity contribution in [2.75, 3.05) is 45.3 Å². The Kier molecular flexibility index (Phi) is 12.8. The summed E-state index contributed by atoms with van der Waals surface area (Å²) in [5.41, 5.74) is 4.33. The Morgan fingerprint density at radius 2 is 1.95 bits per heavy atom. The minimum atomic E-state index is -0.485. The molecule has 2 aromatic carbocycles. The van der Waals surface area contributed by atoms with Crippen molar-refractivity contribution >= 4 is 39.7 Å². The van der Waals surface area contributed by atoms with Crippen LogP contribution >= 0.6 is 22.3 Å². The minimum Gasteiger partial charge on any atom is -0.491 e. The summed E-state index contributed by atoms with van der Waals surface area (Å²) in [4.78, 5) is 16.0. The highest BCUT2D eigenvalue weighted by atomic mass is 35.5. The predicted molar refractivity (Wildman–Crippen MR) is 189 cm³/mol. The molecule has 44 heavy (non-hydrogen) atoms. The number of halogens is 1. The van der Waals surface area contributed by atoms with E-state index < -0.39 is 10.7 Å². The largest absolute Gasteiger partial charge is 0.491 e. The number of fused-ring (bicyclic) bond motifs is 2. The van der Waals surface area contributed by atoms with Crippen LogP contribution in [0.3, 0.4) is 0 Å². The second-order valence-electron chi connectivity index (χ2n) is 12.6. The van der Waals surface area contributed by atoms with Crippen LogP contribution in [0.1, 0.15) is 73.9 Å². The average molecular weight is 642 g/mol. The number of nitrogens with one attached hydrogen (secondary N) is 2. The van der Waals surface area contributed by atoms with E-state index in [1.54, 1.807) is 0 Å². The number of carbonyl (C=O) groups is 1. The number of hydrogen-bond donors (Lipinski definition) is 3. The Morgan fingerprint density at radius 3 is 2.66 bits per heavy atom. The molecule has 0 spiro atoms. The van der Waals surface area contributed by atoms with Crippen LogP contribution in [0, 0.1) is 23.7 Å². The number of hydrogen-bond acceptors (Lipinski definition) is 5. The Labute approximate surface area is 272 Å². The molecule has 6 nitrogen and oxygen atoms in total. The molecule has 242 valence electrons. The first kappa shape index (κ1) is 34.6. The smallest absolute Gasteiger partial charge is 0.260 e. The Morgan fingerprint density at radius 1 is 1.16 bits per heavy atom. The highest BCUT2D eigenvalue weighted by Crippen LogP contribution is 2.44. The molecule has 2 heterocycles. The van der Waals surface area contributed by atoms with Gasteiger partial charge in [-0.25, -0.2) is 0 Å². The van der Waals surface area contributed by atoms with Crippen LogP contribution < -0.4 is 19.7 Å². The molecule has 1 aliphatic carbocycles. The molecule has 2 aromatic rings. The molecule has 0 aromatic heterocycles. The monoisotopic (exact) mass is 641 g/mol. The van der Waals surface area contributed by atoms with Crippen LogP contribution in [0.2, 0.25) is 5.02 Å². The molecule has 2 bridgehead atoms. The van der Waals surface area contributed by atoms with Crippen molar-refractivity contribution in [3.8, 4) is 5.75 Å². The van der Waals surface area contributed by atoms with Crippen molar-refractivity contribution in [2.24, 2.45) is 23.7 Å². The lowest BCUT2D eigenvalue weighted by Crippen LogP contribution is -2.44. The summed E-state index contributed by atoms with van der Waals surface area (Å²) in [5, 5.41) is 11.5. The first-order chi connectivity index (χ1) is 21.3. The third-order valence-electron chi connectivity index (χ3n) is 9.79. The van der Waals surface area contributed by atoms with Gasteiger partial charge in [-0.2, -0.15) is 0 Å². The molecule has 7 atom stereocenters. The van der Waals surface area contributed by atoms with E-state index >= 15 is 0 Å². The van der Waals surface area contributed by atoms with Crippen LogP contribution in [-0.4, -0.2) is 62.5 Å². The topological polar surface area (TPSA) is 73.8 Å². The quantitative estimate of drug-likeness (QED) is 0.240. The first-order valence-electron chi connectivity index (χ1n) is 16.2. The molecule has 3 N–H and O–H groups in total. The Balaban J connectivity index is 0.00000216. The molecule has 0 radical (unpaired) electrons. The van der Waals surface area contributed by atoms with Crippen molar-refractivity contribution in [3.05, 3.63) is 70.3 Å². The van der Waals surface area contributed by atoms with Gasteiger partial charge in [0.1, 0.15) is 5.75 Å². The zero-order valence-corrected chi connectivity index (χ0v) is 28.7. The van der Waals surface area contributed by atoms with Gasteiger partial charge in [0, 0.05) is 48.5 Å². The summed E-state index contributed by atoms with van der Waals surface area (Å²) in [7, 11) is 2.58. The van der Waals surface area contributed by atoms with Crippen molar-refractivity contribution in [1.82, 2.24) is 10.0 Å². The number of carbonyl (C=O) groups excluding carboxylic acids is 1. The van der Waals surface area contributed by atoms with E-state index in [2.05, 4.69) is 79.0 Å². The number of aliphatic hydroxyl groups excluding tert-OH is 1. The van der Waals surface area contributed by atoms with E-state index in [1.165, 1.54) is 24.0 Å². The lowest BCUT2D eigenvalue weighted by Gasteiger charge is -2.44. The normalized spacial score (nSPS) is 29.5. The van der Waals surface area contributed by atoms with Gasteiger partial charge in [-0.05, 0) is 97.9 Å². The minimum absolute atomic E-state index is 0.0582. The average Bonchev–Trinajstić information content (AvgIpc) is 3.18. The summed E-state index contributed by atoms with van der Waals surface area (Å²) in [6.45, 7) is 10.1. The summed E-state index contributed by atoms with van der Waals surface area (Å²) in [5.74, 6) is 7.55. The number of anilines is 1. The standard InChI is InChI=1S/C35H48ClN3O2S.CH4O/c1-6-8-25-17-30(36)13-15-31(25)29-21-39-20-28-11-14-32(28)27(19-37-4)10-7-9-23(2)24(3)42(5)38-35(40)26-12-16-34(41-22-29)33(39)18-26;1-2/h7,10,12-13,15-18,23-24,27-29,32,37H,5-6,8-9,11,14,19-22H2,1-4H3,(H,38,40);2H,1H3/b10-7+;. The Bertz CT molecular complexity index is 1320. The van der Waals surface area contributed by atoms with E-state index in [4.69, 9.17) is 21.4 Å². The molecule has 8 heteroatoms. The maximum absolute atomic E-state index is 13.5. The lowest BCUT2D eigenvalue weighted by atomic mass is 9.66. The predicted octanol–water partition coefficient (Wildman–Crippen LogP) is 7.08. The number of nitrogens with zero attached hydrogens (tertiary/aromatic N) is 1. The highest BCUT2D eigenvalue weighted by molar-refractivity contribution is 8.13. The number of aliphatic hydroxyl groups is 1. The van der Waals surface area contributed by atoms with Crippen molar-refractivity contribution < 1.29 is 14.6 Å². The van der Waals surface area contributed by atoms with E-state index in [9.17, 15) is 4.79 Å². The van der Waals surface area contributed by atoms with E-state index in [-0.39, 0.29) is 17.1 Å². The molecule has 7 unspecified atom stereocenters. The van der Waals surface area contributed by atoms with Crippen molar-refractivity contribution in [1.29, 1.82) is 0 Å². The van der Waals surface area contributed by atoms with E-state index in [0.717, 1.165) is 62.5 Å². The molecule has 1 saturated carbocycles. The van der Waals surface area contributed by atoms with Gasteiger partial charge in [0.15, 0.2) is 0 Å².